The van der Waals surface area contributed by atoms with Crippen LogP contribution in [0.3, 0.4) is 0 Å². The van der Waals surface area contributed by atoms with Gasteiger partial charge in [-0.2, -0.15) is 0 Å². The lowest BCUT2D eigenvalue weighted by Crippen LogP contribution is -2.45. The van der Waals surface area contributed by atoms with Gasteiger partial charge in [0.2, 0.25) is 5.91 Å². The Kier molecular flexibility index (Phi) is 5.56. The lowest BCUT2D eigenvalue weighted by atomic mass is 9.95. The van der Waals surface area contributed by atoms with E-state index in [1.807, 2.05) is 0 Å². The van der Waals surface area contributed by atoms with Gasteiger partial charge >= 0.3 is 0 Å². The number of nitrogens with zero attached hydrogens (tertiary/aromatic N) is 1. The number of carbonyl (C=O) groups excluding carboxylic acids is 1. The lowest BCUT2D eigenvalue weighted by molar-refractivity contribution is -0.133. The van der Waals surface area contributed by atoms with Crippen LogP contribution in [-0.2, 0) is 4.79 Å². The SMILES string of the molecule is O=C(CC1CCCCCC1)N1CCC(NCC2CC2)CC1. The van der Waals surface area contributed by atoms with Crippen LogP contribution in [0.25, 0.3) is 0 Å². The highest BCUT2D eigenvalue weighted by molar-refractivity contribution is 5.76. The molecule has 0 bridgehead atoms. The van der Waals surface area contributed by atoms with E-state index >= 15 is 0 Å². The molecule has 1 N–H and O–H groups in total. The molecule has 3 nitrogen and oxygen atoms in total. The summed E-state index contributed by atoms with van der Waals surface area (Å²) in [5, 5.41) is 3.69. The Labute approximate surface area is 129 Å². The van der Waals surface area contributed by atoms with Crippen molar-refractivity contribution in [3.63, 3.8) is 0 Å². The maximum atomic E-state index is 12.5. The summed E-state index contributed by atoms with van der Waals surface area (Å²) in [7, 11) is 0. The van der Waals surface area contributed by atoms with Crippen LogP contribution in [0.4, 0.5) is 0 Å². The number of amides is 1. The Morgan fingerprint density at radius 3 is 2.14 bits per heavy atom. The van der Waals surface area contributed by atoms with Crippen molar-refractivity contribution in [2.75, 3.05) is 19.6 Å². The summed E-state index contributed by atoms with van der Waals surface area (Å²) in [6.07, 6.45) is 14.0. The normalized spacial score (nSPS) is 25.8. The van der Waals surface area contributed by atoms with E-state index in [0.717, 1.165) is 38.3 Å². The van der Waals surface area contributed by atoms with Crippen LogP contribution in [0.2, 0.25) is 0 Å². The van der Waals surface area contributed by atoms with Gasteiger partial charge in [-0.15, -0.1) is 0 Å². The summed E-state index contributed by atoms with van der Waals surface area (Å²) in [5.74, 6) is 2.06. The number of likely N-dealkylation sites (tertiary alicyclic amines) is 1. The molecule has 1 saturated heterocycles. The standard InChI is InChI=1S/C18H32N2O/c21-18(13-15-5-3-1-2-4-6-15)20-11-9-17(10-12-20)19-14-16-7-8-16/h15-17,19H,1-14H2. The largest absolute Gasteiger partial charge is 0.343 e. The molecule has 3 aliphatic rings. The summed E-state index contributed by atoms with van der Waals surface area (Å²) in [4.78, 5) is 14.6. The third kappa shape index (κ3) is 4.98. The first-order chi connectivity index (χ1) is 10.3. The second-order valence-electron chi connectivity index (χ2n) is 7.57. The van der Waals surface area contributed by atoms with E-state index in [1.165, 1.54) is 57.9 Å². The number of hydrogen-bond acceptors (Lipinski definition) is 2. The van der Waals surface area contributed by atoms with E-state index in [0.29, 0.717) is 17.9 Å². The van der Waals surface area contributed by atoms with Gasteiger partial charge in [0.15, 0.2) is 0 Å². The fourth-order valence-corrected chi connectivity index (χ4v) is 3.93. The third-order valence-corrected chi connectivity index (χ3v) is 5.68. The monoisotopic (exact) mass is 292 g/mol. The first-order valence-corrected chi connectivity index (χ1v) is 9.32. The second kappa shape index (κ2) is 7.62. The number of piperidine rings is 1. The number of carbonyl (C=O) groups is 1. The fourth-order valence-electron chi connectivity index (χ4n) is 3.93. The molecule has 3 heteroatoms. The first kappa shape index (κ1) is 15.3. The van der Waals surface area contributed by atoms with Gasteiger partial charge in [0.25, 0.3) is 0 Å². The number of hydrogen-bond donors (Lipinski definition) is 1. The molecule has 1 amide bonds. The van der Waals surface area contributed by atoms with E-state index < -0.39 is 0 Å². The van der Waals surface area contributed by atoms with Gasteiger partial charge < -0.3 is 10.2 Å². The average molecular weight is 292 g/mol. The minimum atomic E-state index is 0.433. The highest BCUT2D eigenvalue weighted by atomic mass is 16.2. The Balaban J connectivity index is 1.35. The maximum Gasteiger partial charge on any atom is 0.222 e. The molecule has 1 heterocycles. The van der Waals surface area contributed by atoms with E-state index in [1.54, 1.807) is 0 Å². The van der Waals surface area contributed by atoms with Crippen LogP contribution in [0.1, 0.15) is 70.6 Å². The van der Waals surface area contributed by atoms with E-state index in [2.05, 4.69) is 10.2 Å². The summed E-state index contributed by atoms with van der Waals surface area (Å²) >= 11 is 0. The molecule has 3 fully saturated rings. The van der Waals surface area contributed by atoms with Gasteiger partial charge in [-0.1, -0.05) is 25.7 Å². The maximum absolute atomic E-state index is 12.5. The molecule has 0 atom stereocenters. The van der Waals surface area contributed by atoms with Gasteiger partial charge in [0.1, 0.15) is 0 Å². The number of rotatable bonds is 5. The van der Waals surface area contributed by atoms with Gasteiger partial charge in [-0.05, 0) is 56.9 Å². The molecule has 120 valence electrons. The molecule has 2 aliphatic carbocycles. The molecular weight excluding hydrogens is 260 g/mol. The smallest absolute Gasteiger partial charge is 0.222 e. The van der Waals surface area contributed by atoms with Crippen LogP contribution in [0.5, 0.6) is 0 Å². The van der Waals surface area contributed by atoms with Crippen molar-refractivity contribution in [2.45, 2.75) is 76.7 Å². The average Bonchev–Trinajstić information content (AvgIpc) is 3.33. The Morgan fingerprint density at radius 1 is 0.857 bits per heavy atom. The van der Waals surface area contributed by atoms with E-state index in [-0.39, 0.29) is 0 Å². The quantitative estimate of drug-likeness (QED) is 0.788. The molecule has 0 spiro atoms. The Bertz CT molecular complexity index is 324. The Hall–Kier alpha value is -0.570. The van der Waals surface area contributed by atoms with Crippen molar-refractivity contribution in [1.82, 2.24) is 10.2 Å². The van der Waals surface area contributed by atoms with Crippen molar-refractivity contribution >= 4 is 5.91 Å². The van der Waals surface area contributed by atoms with Crippen molar-refractivity contribution in [3.8, 4) is 0 Å². The molecule has 0 aromatic rings. The first-order valence-electron chi connectivity index (χ1n) is 9.32. The molecule has 2 saturated carbocycles. The predicted molar refractivity (Wildman–Crippen MR) is 86.1 cm³/mol. The molecule has 3 rings (SSSR count). The van der Waals surface area contributed by atoms with E-state index in [4.69, 9.17) is 0 Å². The fraction of sp³-hybridized carbons (Fsp3) is 0.944. The molecule has 1 aliphatic heterocycles. The molecular formula is C18H32N2O. The minimum absolute atomic E-state index is 0.433. The molecule has 0 unspecified atom stereocenters. The molecule has 0 radical (unpaired) electrons. The lowest BCUT2D eigenvalue weighted by Gasteiger charge is -2.33. The van der Waals surface area contributed by atoms with Crippen LogP contribution in [0.15, 0.2) is 0 Å². The molecule has 0 aromatic heterocycles. The highest BCUT2D eigenvalue weighted by Crippen LogP contribution is 2.28. The Morgan fingerprint density at radius 2 is 1.52 bits per heavy atom. The van der Waals surface area contributed by atoms with Crippen molar-refractivity contribution in [2.24, 2.45) is 11.8 Å². The zero-order chi connectivity index (χ0) is 14.5. The van der Waals surface area contributed by atoms with Crippen LogP contribution < -0.4 is 5.32 Å². The highest BCUT2D eigenvalue weighted by Gasteiger charge is 2.27. The summed E-state index contributed by atoms with van der Waals surface area (Å²) in [6, 6.07) is 0.660. The summed E-state index contributed by atoms with van der Waals surface area (Å²) in [6.45, 7) is 3.17. The summed E-state index contributed by atoms with van der Waals surface area (Å²) in [5.41, 5.74) is 0. The van der Waals surface area contributed by atoms with Crippen molar-refractivity contribution in [3.05, 3.63) is 0 Å². The van der Waals surface area contributed by atoms with Gasteiger partial charge in [-0.25, -0.2) is 0 Å². The zero-order valence-corrected chi connectivity index (χ0v) is 13.5. The molecule has 21 heavy (non-hydrogen) atoms. The third-order valence-electron chi connectivity index (χ3n) is 5.68. The van der Waals surface area contributed by atoms with E-state index in [9.17, 15) is 4.79 Å². The summed E-state index contributed by atoms with van der Waals surface area (Å²) < 4.78 is 0. The van der Waals surface area contributed by atoms with Crippen LogP contribution >= 0.6 is 0 Å². The van der Waals surface area contributed by atoms with Crippen molar-refractivity contribution in [1.29, 1.82) is 0 Å². The van der Waals surface area contributed by atoms with Crippen LogP contribution in [-0.4, -0.2) is 36.5 Å². The number of nitrogens with one attached hydrogen (secondary N) is 1. The topological polar surface area (TPSA) is 32.3 Å². The van der Waals surface area contributed by atoms with Crippen molar-refractivity contribution < 1.29 is 4.79 Å². The minimum Gasteiger partial charge on any atom is -0.343 e. The van der Waals surface area contributed by atoms with Gasteiger partial charge in [0, 0.05) is 25.6 Å². The zero-order valence-electron chi connectivity index (χ0n) is 13.5. The molecule has 0 aromatic carbocycles. The second-order valence-corrected chi connectivity index (χ2v) is 7.57. The predicted octanol–water partition coefficient (Wildman–Crippen LogP) is 3.34. The van der Waals surface area contributed by atoms with Gasteiger partial charge in [-0.3, -0.25) is 4.79 Å². The van der Waals surface area contributed by atoms with Crippen LogP contribution in [0, 0.1) is 11.8 Å². The van der Waals surface area contributed by atoms with Gasteiger partial charge in [0.05, 0.1) is 0 Å².